The van der Waals surface area contributed by atoms with Crippen molar-refractivity contribution in [3.8, 4) is 0 Å². The molecule has 7 heteroatoms. The van der Waals surface area contributed by atoms with Gasteiger partial charge in [0.1, 0.15) is 5.66 Å². The number of hydrogen-bond donors (Lipinski definition) is 0. The fraction of sp³-hybridized carbons (Fsp3) is 0.857. The number of amides is 1. The van der Waals surface area contributed by atoms with Gasteiger partial charge >= 0.3 is 7.60 Å². The third-order valence-electron chi connectivity index (χ3n) is 3.12. The lowest BCUT2D eigenvalue weighted by Crippen LogP contribution is -2.43. The van der Waals surface area contributed by atoms with Crippen molar-refractivity contribution >= 4 is 19.3 Å². The number of carbonyl (C=O) groups is 2. The SMILES string of the molecule is CCOP(=O)(OCC)C(C(=O)C(=O)N(CC)CC)C(C)C. The molecule has 1 unspecified atom stereocenters. The molecule has 21 heavy (non-hydrogen) atoms. The Morgan fingerprint density at radius 1 is 1.00 bits per heavy atom. The van der Waals surface area contributed by atoms with E-state index < -0.39 is 24.9 Å². The lowest BCUT2D eigenvalue weighted by atomic mass is 10.1. The van der Waals surface area contributed by atoms with Gasteiger partial charge in [-0.1, -0.05) is 13.8 Å². The first kappa shape index (κ1) is 20.3. The molecule has 1 atom stereocenters. The summed E-state index contributed by atoms with van der Waals surface area (Å²) in [6.07, 6.45) is 0. The van der Waals surface area contributed by atoms with Crippen molar-refractivity contribution in [3.05, 3.63) is 0 Å². The van der Waals surface area contributed by atoms with E-state index in [9.17, 15) is 14.2 Å². The number of ketones is 1. The minimum atomic E-state index is -3.65. The van der Waals surface area contributed by atoms with Crippen molar-refractivity contribution < 1.29 is 23.2 Å². The lowest BCUT2D eigenvalue weighted by Gasteiger charge is -2.29. The van der Waals surface area contributed by atoms with Crippen LogP contribution in [0.5, 0.6) is 0 Å². The summed E-state index contributed by atoms with van der Waals surface area (Å²) < 4.78 is 23.4. The second-order valence-corrected chi connectivity index (χ2v) is 7.06. The molecule has 0 radical (unpaired) electrons. The highest BCUT2D eigenvalue weighted by atomic mass is 31.2. The summed E-state index contributed by atoms with van der Waals surface area (Å²) in [4.78, 5) is 26.2. The Bertz CT molecular complexity index is 383. The number of carbonyl (C=O) groups excluding carboxylic acids is 2. The summed E-state index contributed by atoms with van der Waals surface area (Å²) in [5.41, 5.74) is -1.06. The van der Waals surface area contributed by atoms with E-state index in [1.807, 2.05) is 0 Å². The first-order valence-electron chi connectivity index (χ1n) is 7.50. The van der Waals surface area contributed by atoms with Gasteiger partial charge in [-0.15, -0.1) is 0 Å². The first-order chi connectivity index (χ1) is 9.78. The Hall–Kier alpha value is -0.710. The van der Waals surface area contributed by atoms with E-state index >= 15 is 0 Å². The molecule has 0 fully saturated rings. The summed E-state index contributed by atoms with van der Waals surface area (Å²) >= 11 is 0. The van der Waals surface area contributed by atoms with E-state index in [0.29, 0.717) is 13.1 Å². The quantitative estimate of drug-likeness (QED) is 0.457. The van der Waals surface area contributed by atoms with Gasteiger partial charge in [0.2, 0.25) is 5.78 Å². The number of likely N-dealkylation sites (N-methyl/N-ethyl adjacent to an activating group) is 1. The zero-order valence-electron chi connectivity index (χ0n) is 13.9. The topological polar surface area (TPSA) is 72.9 Å². The molecule has 0 aromatic carbocycles. The molecule has 0 spiro atoms. The van der Waals surface area contributed by atoms with Crippen LogP contribution in [0.4, 0.5) is 0 Å². The molecule has 0 rings (SSSR count). The van der Waals surface area contributed by atoms with Crippen LogP contribution < -0.4 is 0 Å². The summed E-state index contributed by atoms with van der Waals surface area (Å²) in [7, 11) is -3.65. The molecule has 0 aliphatic rings. The zero-order valence-corrected chi connectivity index (χ0v) is 14.8. The van der Waals surface area contributed by atoms with Crippen molar-refractivity contribution in [2.75, 3.05) is 26.3 Å². The third-order valence-corrected chi connectivity index (χ3v) is 5.87. The average molecular weight is 321 g/mol. The Labute approximate surface area is 127 Å². The highest BCUT2D eigenvalue weighted by molar-refractivity contribution is 7.56. The van der Waals surface area contributed by atoms with E-state index in [4.69, 9.17) is 9.05 Å². The Morgan fingerprint density at radius 2 is 1.43 bits per heavy atom. The molecule has 0 heterocycles. The van der Waals surface area contributed by atoms with Gasteiger partial charge in [0.25, 0.3) is 5.91 Å². The van der Waals surface area contributed by atoms with Gasteiger partial charge < -0.3 is 13.9 Å². The summed E-state index contributed by atoms with van der Waals surface area (Å²) in [6.45, 7) is 11.6. The van der Waals surface area contributed by atoms with Crippen molar-refractivity contribution in [2.24, 2.45) is 5.92 Å². The molecular weight excluding hydrogens is 293 g/mol. The fourth-order valence-corrected chi connectivity index (χ4v) is 4.41. The monoisotopic (exact) mass is 321 g/mol. The van der Waals surface area contributed by atoms with Crippen LogP contribution in [0.25, 0.3) is 0 Å². The van der Waals surface area contributed by atoms with Crippen LogP contribution in [-0.2, 0) is 23.2 Å². The van der Waals surface area contributed by atoms with Gasteiger partial charge in [0, 0.05) is 13.1 Å². The molecule has 0 aromatic rings. The van der Waals surface area contributed by atoms with Crippen LogP contribution in [0.1, 0.15) is 41.5 Å². The Kier molecular flexibility index (Phi) is 9.02. The first-order valence-corrected chi connectivity index (χ1v) is 9.11. The van der Waals surface area contributed by atoms with E-state index in [1.54, 1.807) is 41.5 Å². The van der Waals surface area contributed by atoms with Gasteiger partial charge in [-0.25, -0.2) is 0 Å². The number of Topliss-reactive ketones (excluding diaryl/α,β-unsaturated/α-hetero) is 1. The fourth-order valence-electron chi connectivity index (χ4n) is 2.16. The zero-order chi connectivity index (χ0) is 16.6. The Morgan fingerprint density at radius 3 is 1.71 bits per heavy atom. The highest BCUT2D eigenvalue weighted by Crippen LogP contribution is 2.55. The normalized spacial score (nSPS) is 13.3. The molecule has 124 valence electrons. The molecule has 1 amide bonds. The standard InChI is InChI=1S/C14H28NO5P/c1-7-15(8-2)14(17)12(16)13(11(5)6)21(18,19-9-3)20-10-4/h11,13H,7-10H2,1-6H3. The van der Waals surface area contributed by atoms with Gasteiger partial charge in [-0.3, -0.25) is 14.2 Å². The molecule has 0 saturated carbocycles. The minimum absolute atomic E-state index is 0.160. The predicted molar refractivity (Wildman–Crippen MR) is 82.4 cm³/mol. The maximum absolute atomic E-state index is 12.9. The molecule has 0 aromatic heterocycles. The van der Waals surface area contributed by atoms with Crippen molar-refractivity contribution in [1.82, 2.24) is 4.90 Å². The molecule has 6 nitrogen and oxygen atoms in total. The lowest BCUT2D eigenvalue weighted by molar-refractivity contribution is -0.144. The Balaban J connectivity index is 5.52. The molecule has 0 bridgehead atoms. The smallest absolute Gasteiger partial charge is 0.337 e. The van der Waals surface area contributed by atoms with Crippen LogP contribution >= 0.6 is 7.60 Å². The molecule has 0 N–H and O–H groups in total. The number of hydrogen-bond acceptors (Lipinski definition) is 5. The molecule has 0 aliphatic heterocycles. The minimum Gasteiger partial charge on any atom is -0.337 e. The van der Waals surface area contributed by atoms with Crippen LogP contribution in [0.15, 0.2) is 0 Å². The van der Waals surface area contributed by atoms with Gasteiger partial charge in [-0.05, 0) is 33.6 Å². The van der Waals surface area contributed by atoms with Gasteiger partial charge in [0.05, 0.1) is 13.2 Å². The van der Waals surface area contributed by atoms with Crippen LogP contribution in [0.3, 0.4) is 0 Å². The predicted octanol–water partition coefficient (Wildman–Crippen LogP) is 2.71. The summed E-state index contributed by atoms with van der Waals surface area (Å²) in [5, 5.41) is 0. The van der Waals surface area contributed by atoms with E-state index in [1.165, 1.54) is 4.90 Å². The largest absolute Gasteiger partial charge is 0.341 e. The van der Waals surface area contributed by atoms with E-state index in [2.05, 4.69) is 0 Å². The maximum Gasteiger partial charge on any atom is 0.341 e. The third kappa shape index (κ3) is 5.20. The van der Waals surface area contributed by atoms with Crippen molar-refractivity contribution in [1.29, 1.82) is 0 Å². The summed E-state index contributed by atoms with van der Waals surface area (Å²) in [6, 6.07) is 0. The van der Waals surface area contributed by atoms with Crippen LogP contribution in [-0.4, -0.2) is 48.6 Å². The van der Waals surface area contributed by atoms with Crippen LogP contribution in [0.2, 0.25) is 0 Å². The number of rotatable bonds is 10. The molecular formula is C14H28NO5P. The summed E-state index contributed by atoms with van der Waals surface area (Å²) in [5.74, 6) is -1.64. The van der Waals surface area contributed by atoms with E-state index in [-0.39, 0.29) is 19.1 Å². The maximum atomic E-state index is 12.9. The highest BCUT2D eigenvalue weighted by Gasteiger charge is 2.46. The van der Waals surface area contributed by atoms with Crippen molar-refractivity contribution in [3.63, 3.8) is 0 Å². The second kappa shape index (κ2) is 9.34. The molecule has 0 saturated heterocycles. The van der Waals surface area contributed by atoms with Gasteiger partial charge in [0.15, 0.2) is 0 Å². The van der Waals surface area contributed by atoms with Crippen LogP contribution in [0, 0.1) is 5.92 Å². The number of nitrogens with zero attached hydrogens (tertiary/aromatic N) is 1. The molecule has 0 aliphatic carbocycles. The van der Waals surface area contributed by atoms with Gasteiger partial charge in [-0.2, -0.15) is 0 Å². The van der Waals surface area contributed by atoms with Crippen molar-refractivity contribution in [2.45, 2.75) is 47.2 Å². The average Bonchev–Trinajstić information content (AvgIpc) is 2.39. The second-order valence-electron chi connectivity index (χ2n) is 4.91. The van der Waals surface area contributed by atoms with E-state index in [0.717, 1.165) is 0 Å².